The van der Waals surface area contributed by atoms with E-state index in [2.05, 4.69) is 27.1 Å². The van der Waals surface area contributed by atoms with Gasteiger partial charge in [-0.1, -0.05) is 42.5 Å². The third-order valence-corrected chi connectivity index (χ3v) is 6.39. The van der Waals surface area contributed by atoms with Crippen LogP contribution in [0.1, 0.15) is 17.0 Å². The largest absolute Gasteiger partial charge is 0.433 e. The molecule has 1 N–H and O–H groups in total. The molecular formula is C26H22F3N5O2. The number of hydrogen-bond donors (Lipinski definition) is 1. The van der Waals surface area contributed by atoms with Crippen molar-refractivity contribution in [3.63, 3.8) is 0 Å². The predicted molar refractivity (Wildman–Crippen MR) is 128 cm³/mol. The lowest BCUT2D eigenvalue weighted by molar-refractivity contribution is -0.140. The minimum Gasteiger partial charge on any atom is -0.367 e. The number of rotatable bonds is 4. The molecule has 5 rings (SSSR count). The summed E-state index contributed by atoms with van der Waals surface area (Å²) in [5.41, 5.74) is -0.528. The fourth-order valence-electron chi connectivity index (χ4n) is 4.51. The van der Waals surface area contributed by atoms with Crippen molar-refractivity contribution >= 4 is 17.2 Å². The van der Waals surface area contributed by atoms with E-state index >= 15 is 0 Å². The van der Waals surface area contributed by atoms with E-state index in [0.717, 1.165) is 10.2 Å². The summed E-state index contributed by atoms with van der Waals surface area (Å²) in [6.07, 6.45) is -4.97. The van der Waals surface area contributed by atoms with Crippen molar-refractivity contribution in [3.05, 3.63) is 88.0 Å². The Kier molecular flexibility index (Phi) is 5.92. The highest BCUT2D eigenvalue weighted by atomic mass is 19.4. The van der Waals surface area contributed by atoms with E-state index in [1.54, 1.807) is 36.1 Å². The predicted octanol–water partition coefficient (Wildman–Crippen LogP) is 3.51. The quantitative estimate of drug-likeness (QED) is 0.472. The van der Waals surface area contributed by atoms with E-state index in [-0.39, 0.29) is 40.4 Å². The first-order valence-corrected chi connectivity index (χ1v) is 11.4. The van der Waals surface area contributed by atoms with Crippen LogP contribution in [0, 0.1) is 19.1 Å². The average Bonchev–Trinajstić information content (AvgIpc) is 3.28. The van der Waals surface area contributed by atoms with Crippen LogP contribution in [-0.4, -0.2) is 51.6 Å². The van der Waals surface area contributed by atoms with Crippen molar-refractivity contribution in [2.45, 2.75) is 19.5 Å². The number of carbonyl (C=O) groups is 1. The second-order valence-electron chi connectivity index (χ2n) is 8.60. The molecule has 1 fully saturated rings. The summed E-state index contributed by atoms with van der Waals surface area (Å²) in [4.78, 5) is 34.4. The second-order valence-corrected chi connectivity index (χ2v) is 8.60. The van der Waals surface area contributed by atoms with Gasteiger partial charge in [0, 0.05) is 49.2 Å². The summed E-state index contributed by atoms with van der Waals surface area (Å²) >= 11 is 0. The number of alkyl halides is 3. The molecule has 1 saturated heterocycles. The summed E-state index contributed by atoms with van der Waals surface area (Å²) in [6, 6.07) is 19.3. The number of piperazine rings is 1. The van der Waals surface area contributed by atoms with Gasteiger partial charge in [-0.05, 0) is 24.6 Å². The van der Waals surface area contributed by atoms with Crippen LogP contribution in [0.5, 0.6) is 0 Å². The summed E-state index contributed by atoms with van der Waals surface area (Å²) in [5, 5.41) is 2.19. The average molecular weight is 493 g/mol. The van der Waals surface area contributed by atoms with E-state index in [1.165, 1.54) is 12.1 Å². The molecule has 0 saturated carbocycles. The molecule has 3 heterocycles. The summed E-state index contributed by atoms with van der Waals surface area (Å²) in [7, 11) is 0. The van der Waals surface area contributed by atoms with Gasteiger partial charge < -0.3 is 9.80 Å². The molecule has 1 aliphatic heterocycles. The molecule has 10 heteroatoms. The SMILES string of the molecule is Cc1nc2c(-c3ccccc3)c(C(F)(F)F)[nH]n2c(=O)c1CC(=O)N1CCN(c2cc#ccc2)CC1. The zero-order valence-corrected chi connectivity index (χ0v) is 19.4. The molecule has 1 aliphatic rings. The minimum absolute atomic E-state index is 0.0720. The van der Waals surface area contributed by atoms with Crippen molar-refractivity contribution in [1.29, 1.82) is 0 Å². The van der Waals surface area contributed by atoms with Crippen molar-refractivity contribution in [2.24, 2.45) is 0 Å². The highest BCUT2D eigenvalue weighted by molar-refractivity contribution is 5.82. The second kappa shape index (κ2) is 9.07. The van der Waals surface area contributed by atoms with Crippen molar-refractivity contribution in [3.8, 4) is 11.1 Å². The van der Waals surface area contributed by atoms with Crippen LogP contribution < -0.4 is 10.5 Å². The number of nitrogens with zero attached hydrogens (tertiary/aromatic N) is 4. The summed E-state index contributed by atoms with van der Waals surface area (Å²) in [6.45, 7) is 3.70. The molecule has 4 aromatic rings. The Balaban J connectivity index is 1.44. The first-order valence-electron chi connectivity index (χ1n) is 11.4. The van der Waals surface area contributed by atoms with Gasteiger partial charge in [0.25, 0.3) is 5.56 Å². The first kappa shape index (κ1) is 23.5. The molecule has 0 radical (unpaired) electrons. The van der Waals surface area contributed by atoms with Gasteiger partial charge in [-0.25, -0.2) is 9.50 Å². The van der Waals surface area contributed by atoms with Gasteiger partial charge in [0.2, 0.25) is 5.91 Å². The van der Waals surface area contributed by atoms with Gasteiger partial charge in [0.15, 0.2) is 5.65 Å². The van der Waals surface area contributed by atoms with E-state index in [9.17, 15) is 22.8 Å². The fraction of sp³-hybridized carbons (Fsp3) is 0.269. The Morgan fingerprint density at radius 3 is 2.44 bits per heavy atom. The Morgan fingerprint density at radius 2 is 1.81 bits per heavy atom. The maximum atomic E-state index is 13.9. The van der Waals surface area contributed by atoms with Crippen LogP contribution in [0.25, 0.3) is 16.8 Å². The normalized spacial score (nSPS) is 14.2. The number of amides is 1. The Bertz CT molecular complexity index is 1450. The number of carbonyl (C=O) groups excluding carboxylic acids is 1. The number of nitrogens with one attached hydrogen (secondary N) is 1. The zero-order valence-electron chi connectivity index (χ0n) is 19.4. The van der Waals surface area contributed by atoms with E-state index in [4.69, 9.17) is 0 Å². The molecule has 0 atom stereocenters. The van der Waals surface area contributed by atoms with Crippen LogP contribution >= 0.6 is 0 Å². The van der Waals surface area contributed by atoms with Gasteiger partial charge in [0.05, 0.1) is 12.0 Å². The molecule has 1 amide bonds. The van der Waals surface area contributed by atoms with Crippen LogP contribution in [0.4, 0.5) is 18.9 Å². The lowest BCUT2D eigenvalue weighted by atomic mass is 10.1. The number of H-pyrrole nitrogens is 1. The van der Waals surface area contributed by atoms with Crippen LogP contribution in [0.3, 0.4) is 0 Å². The first-order chi connectivity index (χ1) is 17.2. The topological polar surface area (TPSA) is 73.7 Å². The van der Waals surface area contributed by atoms with E-state index < -0.39 is 17.4 Å². The molecule has 7 nitrogen and oxygen atoms in total. The molecule has 2 aromatic heterocycles. The van der Waals surface area contributed by atoms with Crippen LogP contribution in [-0.2, 0) is 17.4 Å². The third-order valence-electron chi connectivity index (χ3n) is 6.39. The maximum Gasteiger partial charge on any atom is 0.433 e. The number of aryl methyl sites for hydroxylation is 1. The highest BCUT2D eigenvalue weighted by Crippen LogP contribution is 2.38. The maximum absolute atomic E-state index is 13.9. The van der Waals surface area contributed by atoms with Crippen LogP contribution in [0.15, 0.2) is 53.3 Å². The number of aromatic amines is 1. The molecule has 0 aliphatic carbocycles. The molecule has 0 spiro atoms. The van der Waals surface area contributed by atoms with Gasteiger partial charge >= 0.3 is 6.18 Å². The number of aromatic nitrogens is 3. The number of halogens is 3. The molecule has 184 valence electrons. The minimum atomic E-state index is -4.73. The van der Waals surface area contributed by atoms with E-state index in [1.807, 2.05) is 12.1 Å². The lowest BCUT2D eigenvalue weighted by Gasteiger charge is -2.36. The standard InChI is InChI=1S/C26H22F3N5O2/c1-17-20(16-21(35)33-14-12-32(13-15-33)19-10-6-3-7-11-19)25(36)34-24(30-17)22(18-8-4-2-5-9-18)23(31-34)26(27,28)29/h2,4-6,8-11,31H,12-16H2,1H3. The number of benzene rings is 1. The number of hydrogen-bond acceptors (Lipinski definition) is 4. The highest BCUT2D eigenvalue weighted by Gasteiger charge is 2.38. The zero-order chi connectivity index (χ0) is 25.4. The van der Waals surface area contributed by atoms with Crippen molar-refractivity contribution in [2.75, 3.05) is 31.1 Å². The van der Waals surface area contributed by atoms with Crippen LogP contribution in [0.2, 0.25) is 0 Å². The number of anilines is 1. The smallest absolute Gasteiger partial charge is 0.367 e. The van der Waals surface area contributed by atoms with Crippen molar-refractivity contribution < 1.29 is 18.0 Å². The molecule has 0 unspecified atom stereocenters. The summed E-state index contributed by atoms with van der Waals surface area (Å²) in [5.74, 6) is -0.268. The molecular weight excluding hydrogens is 471 g/mol. The lowest BCUT2D eigenvalue weighted by Crippen LogP contribution is -2.49. The Labute approximate surface area is 204 Å². The van der Waals surface area contributed by atoms with E-state index in [0.29, 0.717) is 26.2 Å². The monoisotopic (exact) mass is 493 g/mol. The molecule has 36 heavy (non-hydrogen) atoms. The Morgan fingerprint density at radius 1 is 1.08 bits per heavy atom. The van der Waals surface area contributed by atoms with Crippen molar-refractivity contribution in [1.82, 2.24) is 19.5 Å². The summed E-state index contributed by atoms with van der Waals surface area (Å²) < 4.78 is 42.4. The Hall–Kier alpha value is -4.26. The third kappa shape index (κ3) is 4.28. The molecule has 0 bridgehead atoms. The number of fused-ring (bicyclic) bond motifs is 1. The molecule has 2 aromatic carbocycles. The van der Waals surface area contributed by atoms with Gasteiger partial charge in [-0.2, -0.15) is 13.2 Å². The fourth-order valence-corrected chi connectivity index (χ4v) is 4.51. The van der Waals surface area contributed by atoms with Gasteiger partial charge in [-0.15, -0.1) is 0 Å². The van der Waals surface area contributed by atoms with Gasteiger partial charge in [0.1, 0.15) is 5.69 Å². The van der Waals surface area contributed by atoms with Gasteiger partial charge in [-0.3, -0.25) is 14.7 Å².